The van der Waals surface area contributed by atoms with Crippen LogP contribution in [0.15, 0.2) is 29.2 Å². The topological polar surface area (TPSA) is 78.2 Å². The monoisotopic (exact) mass is 389 g/mol. The van der Waals surface area contributed by atoms with Crippen LogP contribution in [0.3, 0.4) is 0 Å². The molecule has 2 aromatic rings. The molecule has 0 atom stereocenters. The molecule has 2 heterocycles. The second kappa shape index (κ2) is 10.1. The smallest absolute Gasteiger partial charge is 0.192 e. The van der Waals surface area contributed by atoms with Crippen molar-refractivity contribution in [3.63, 3.8) is 0 Å². The zero-order chi connectivity index (χ0) is 19.9. The zero-order valence-corrected chi connectivity index (χ0v) is 16.6. The molecule has 7 heteroatoms. The summed E-state index contributed by atoms with van der Waals surface area (Å²) in [7, 11) is 0. The number of ether oxygens (including phenoxy) is 1. The standard InChI is InChI=1S/C21H31N3O4/c1-17-15-24(5-4-22(6-10-25)7-11-26)20-3-2-18(14-19(20)21(17)27)16-23-8-12-28-13-9-23/h2-3,14-15,25-26H,4-13,16H2,1H3. The molecule has 0 spiro atoms. The molecule has 3 rings (SSSR count). The van der Waals surface area contributed by atoms with E-state index in [1.807, 2.05) is 30.2 Å². The van der Waals surface area contributed by atoms with Crippen LogP contribution < -0.4 is 5.43 Å². The third kappa shape index (κ3) is 5.18. The lowest BCUT2D eigenvalue weighted by molar-refractivity contribution is 0.0342. The molecule has 1 aromatic carbocycles. The van der Waals surface area contributed by atoms with Gasteiger partial charge in [0.1, 0.15) is 0 Å². The van der Waals surface area contributed by atoms with E-state index in [1.54, 1.807) is 0 Å². The fourth-order valence-corrected chi connectivity index (χ4v) is 3.76. The fourth-order valence-electron chi connectivity index (χ4n) is 3.76. The quantitative estimate of drug-likeness (QED) is 0.648. The second-order valence-electron chi connectivity index (χ2n) is 7.36. The number of aliphatic hydroxyl groups is 2. The summed E-state index contributed by atoms with van der Waals surface area (Å²) in [5.74, 6) is 0. The molecule has 1 aromatic heterocycles. The highest BCUT2D eigenvalue weighted by molar-refractivity contribution is 5.80. The van der Waals surface area contributed by atoms with Crippen LogP contribution in [0.25, 0.3) is 10.9 Å². The van der Waals surface area contributed by atoms with Crippen molar-refractivity contribution in [2.45, 2.75) is 20.0 Å². The van der Waals surface area contributed by atoms with Crippen molar-refractivity contribution >= 4 is 10.9 Å². The number of pyridine rings is 1. The van der Waals surface area contributed by atoms with Gasteiger partial charge in [-0.1, -0.05) is 6.07 Å². The largest absolute Gasteiger partial charge is 0.395 e. The number of aromatic nitrogens is 1. The predicted molar refractivity (Wildman–Crippen MR) is 110 cm³/mol. The maximum absolute atomic E-state index is 12.7. The van der Waals surface area contributed by atoms with Crippen molar-refractivity contribution in [1.82, 2.24) is 14.4 Å². The Morgan fingerprint density at radius 2 is 1.82 bits per heavy atom. The molecule has 1 saturated heterocycles. The summed E-state index contributed by atoms with van der Waals surface area (Å²) >= 11 is 0. The van der Waals surface area contributed by atoms with E-state index >= 15 is 0 Å². The van der Waals surface area contributed by atoms with Gasteiger partial charge in [-0.15, -0.1) is 0 Å². The second-order valence-corrected chi connectivity index (χ2v) is 7.36. The maximum atomic E-state index is 12.7. The average molecular weight is 389 g/mol. The van der Waals surface area contributed by atoms with Crippen molar-refractivity contribution in [3.05, 3.63) is 45.7 Å². The van der Waals surface area contributed by atoms with Crippen LogP contribution in [0.5, 0.6) is 0 Å². The van der Waals surface area contributed by atoms with E-state index in [4.69, 9.17) is 4.74 Å². The molecule has 28 heavy (non-hydrogen) atoms. The van der Waals surface area contributed by atoms with Crippen molar-refractivity contribution in [2.75, 3.05) is 59.2 Å². The minimum absolute atomic E-state index is 0.0643. The first-order valence-electron chi connectivity index (χ1n) is 9.99. The lowest BCUT2D eigenvalue weighted by Gasteiger charge is -2.26. The average Bonchev–Trinajstić information content (AvgIpc) is 2.70. The summed E-state index contributed by atoms with van der Waals surface area (Å²) < 4.78 is 7.51. The van der Waals surface area contributed by atoms with Gasteiger partial charge in [-0.05, 0) is 24.6 Å². The van der Waals surface area contributed by atoms with Gasteiger partial charge < -0.3 is 19.5 Å². The minimum Gasteiger partial charge on any atom is -0.395 e. The summed E-state index contributed by atoms with van der Waals surface area (Å²) in [6.45, 7) is 8.62. The van der Waals surface area contributed by atoms with Crippen molar-refractivity contribution in [3.8, 4) is 0 Å². The van der Waals surface area contributed by atoms with Gasteiger partial charge in [0, 0.05) is 63.0 Å². The van der Waals surface area contributed by atoms with E-state index < -0.39 is 0 Å². The van der Waals surface area contributed by atoms with Gasteiger partial charge in [-0.3, -0.25) is 14.6 Å². The number of aliphatic hydroxyl groups excluding tert-OH is 2. The molecule has 0 aliphatic carbocycles. The number of morpholine rings is 1. The molecule has 154 valence electrons. The Kier molecular flexibility index (Phi) is 7.58. The predicted octanol–water partition coefficient (Wildman–Crippen LogP) is 0.429. The molecule has 0 radical (unpaired) electrons. The highest BCUT2D eigenvalue weighted by Crippen LogP contribution is 2.16. The van der Waals surface area contributed by atoms with E-state index in [1.165, 1.54) is 0 Å². The molecule has 0 unspecified atom stereocenters. The Labute approximate surface area is 165 Å². The molecule has 1 aliphatic heterocycles. The summed E-state index contributed by atoms with van der Waals surface area (Å²) in [6, 6.07) is 6.16. The van der Waals surface area contributed by atoms with Crippen molar-refractivity contribution in [1.29, 1.82) is 0 Å². The Hall–Kier alpha value is -1.77. The lowest BCUT2D eigenvalue weighted by atomic mass is 10.1. The summed E-state index contributed by atoms with van der Waals surface area (Å²) in [5.41, 5.74) is 2.88. The number of hydrogen-bond donors (Lipinski definition) is 2. The molecule has 2 N–H and O–H groups in total. The molecule has 1 fully saturated rings. The fraction of sp³-hybridized carbons (Fsp3) is 0.571. The van der Waals surface area contributed by atoms with Crippen LogP contribution in [-0.4, -0.2) is 83.7 Å². The van der Waals surface area contributed by atoms with Crippen LogP contribution >= 0.6 is 0 Å². The van der Waals surface area contributed by atoms with Crippen molar-refractivity contribution in [2.24, 2.45) is 0 Å². The highest BCUT2D eigenvalue weighted by atomic mass is 16.5. The first-order valence-corrected chi connectivity index (χ1v) is 9.99. The van der Waals surface area contributed by atoms with Gasteiger partial charge >= 0.3 is 0 Å². The van der Waals surface area contributed by atoms with Crippen LogP contribution in [0.4, 0.5) is 0 Å². The molecule has 0 amide bonds. The Morgan fingerprint density at radius 3 is 2.50 bits per heavy atom. The van der Waals surface area contributed by atoms with Crippen LogP contribution in [0.2, 0.25) is 0 Å². The molecular formula is C21H31N3O4. The van der Waals surface area contributed by atoms with Gasteiger partial charge in [0.25, 0.3) is 0 Å². The Morgan fingerprint density at radius 1 is 1.11 bits per heavy atom. The van der Waals surface area contributed by atoms with Gasteiger partial charge in [0.05, 0.1) is 31.9 Å². The van der Waals surface area contributed by atoms with Crippen molar-refractivity contribution < 1.29 is 14.9 Å². The lowest BCUT2D eigenvalue weighted by Crippen LogP contribution is -2.35. The maximum Gasteiger partial charge on any atom is 0.192 e. The first-order chi connectivity index (χ1) is 13.6. The zero-order valence-electron chi connectivity index (χ0n) is 16.6. The third-order valence-electron chi connectivity index (χ3n) is 5.32. The van der Waals surface area contributed by atoms with Crippen LogP contribution in [0, 0.1) is 6.92 Å². The number of aryl methyl sites for hydroxylation is 1. The minimum atomic E-state index is 0.0643. The SMILES string of the molecule is Cc1cn(CCN(CCO)CCO)c2ccc(CN3CCOCC3)cc2c1=O. The number of nitrogens with zero attached hydrogens (tertiary/aromatic N) is 3. The Balaban J connectivity index is 1.83. The summed E-state index contributed by atoms with van der Waals surface area (Å²) in [5, 5.41) is 19.1. The van der Waals surface area contributed by atoms with Gasteiger partial charge in [-0.25, -0.2) is 0 Å². The Bertz CT molecular complexity index is 824. The van der Waals surface area contributed by atoms with E-state index in [0.29, 0.717) is 26.2 Å². The molecule has 0 saturated carbocycles. The van der Waals surface area contributed by atoms with Crippen LogP contribution in [0.1, 0.15) is 11.1 Å². The first kappa shape index (κ1) is 21.0. The molecule has 7 nitrogen and oxygen atoms in total. The molecule has 0 bridgehead atoms. The third-order valence-corrected chi connectivity index (χ3v) is 5.32. The van der Waals surface area contributed by atoms with E-state index in [2.05, 4.69) is 15.5 Å². The molecular weight excluding hydrogens is 358 g/mol. The highest BCUT2D eigenvalue weighted by Gasteiger charge is 2.13. The van der Waals surface area contributed by atoms with Gasteiger partial charge in [-0.2, -0.15) is 0 Å². The normalized spacial score (nSPS) is 15.6. The van der Waals surface area contributed by atoms with E-state index in [0.717, 1.165) is 54.9 Å². The van der Waals surface area contributed by atoms with Gasteiger partial charge in [0.2, 0.25) is 0 Å². The summed E-state index contributed by atoms with van der Waals surface area (Å²) in [4.78, 5) is 17.1. The number of benzene rings is 1. The number of rotatable bonds is 9. The van der Waals surface area contributed by atoms with E-state index in [9.17, 15) is 15.0 Å². The number of hydrogen-bond acceptors (Lipinski definition) is 6. The van der Waals surface area contributed by atoms with Gasteiger partial charge in [0.15, 0.2) is 5.43 Å². The number of fused-ring (bicyclic) bond motifs is 1. The van der Waals surface area contributed by atoms with E-state index in [-0.39, 0.29) is 18.6 Å². The molecule has 1 aliphatic rings. The summed E-state index contributed by atoms with van der Waals surface area (Å²) in [6.07, 6.45) is 1.91. The van der Waals surface area contributed by atoms with Crippen LogP contribution in [-0.2, 0) is 17.8 Å².